The van der Waals surface area contributed by atoms with E-state index in [9.17, 15) is 4.79 Å². The topological polar surface area (TPSA) is 58.4 Å². The molecule has 1 rings (SSSR count). The van der Waals surface area contributed by atoms with Crippen molar-refractivity contribution in [2.75, 3.05) is 24.5 Å². The van der Waals surface area contributed by atoms with E-state index >= 15 is 0 Å². The highest BCUT2D eigenvalue weighted by atomic mass is 16.1. The molecule has 106 valence electrons. The van der Waals surface area contributed by atoms with Crippen molar-refractivity contribution in [3.63, 3.8) is 0 Å². The lowest BCUT2D eigenvalue weighted by molar-refractivity contribution is -0.119. The first-order valence-electron chi connectivity index (χ1n) is 6.92. The monoisotopic (exact) mass is 263 g/mol. The van der Waals surface area contributed by atoms with Gasteiger partial charge in [-0.05, 0) is 44.5 Å². The number of hydrogen-bond donors (Lipinski definition) is 2. The lowest BCUT2D eigenvalue weighted by atomic mass is 10.1. The first kappa shape index (κ1) is 15.5. The van der Waals surface area contributed by atoms with Crippen LogP contribution < -0.4 is 16.0 Å². The van der Waals surface area contributed by atoms with Gasteiger partial charge in [-0.2, -0.15) is 0 Å². The van der Waals surface area contributed by atoms with Crippen molar-refractivity contribution in [2.45, 2.75) is 33.2 Å². The van der Waals surface area contributed by atoms with Crippen LogP contribution in [-0.4, -0.2) is 31.6 Å². The maximum Gasteiger partial charge on any atom is 0.236 e. The molecule has 0 aliphatic heterocycles. The Morgan fingerprint density at radius 1 is 1.42 bits per heavy atom. The maximum absolute atomic E-state index is 11.5. The minimum Gasteiger partial charge on any atom is -0.370 e. The van der Waals surface area contributed by atoms with Crippen molar-refractivity contribution in [1.29, 1.82) is 0 Å². The first-order chi connectivity index (χ1) is 9.08. The molecule has 0 heterocycles. The predicted molar refractivity (Wildman–Crippen MR) is 80.3 cm³/mol. The van der Waals surface area contributed by atoms with E-state index in [0.29, 0.717) is 6.54 Å². The second-order valence-corrected chi connectivity index (χ2v) is 4.79. The first-order valence-corrected chi connectivity index (χ1v) is 6.92. The Morgan fingerprint density at radius 2 is 2.16 bits per heavy atom. The standard InChI is InChI=1S/C15H25N3O/c1-4-9-17-14(15(16)19)11-18(5-2)13-8-6-7-12(3)10-13/h6-8,10,14,17H,4-5,9,11H2,1-3H3,(H2,16,19). The SMILES string of the molecule is CCCNC(CN(CC)c1cccc(C)c1)C(N)=O. The van der Waals surface area contributed by atoms with E-state index in [1.807, 2.05) is 6.07 Å². The number of anilines is 1. The van der Waals surface area contributed by atoms with Gasteiger partial charge in [0, 0.05) is 18.8 Å². The van der Waals surface area contributed by atoms with Gasteiger partial charge in [0.05, 0.1) is 0 Å². The molecule has 0 aliphatic rings. The number of nitrogens with zero attached hydrogens (tertiary/aromatic N) is 1. The van der Waals surface area contributed by atoms with E-state index in [1.54, 1.807) is 0 Å². The van der Waals surface area contributed by atoms with E-state index in [1.165, 1.54) is 5.56 Å². The molecule has 19 heavy (non-hydrogen) atoms. The van der Waals surface area contributed by atoms with Gasteiger partial charge in [0.1, 0.15) is 6.04 Å². The third-order valence-electron chi connectivity index (χ3n) is 3.14. The van der Waals surface area contributed by atoms with E-state index < -0.39 is 0 Å². The Hall–Kier alpha value is -1.55. The van der Waals surface area contributed by atoms with Gasteiger partial charge in [0.2, 0.25) is 5.91 Å². The second kappa shape index (κ2) is 7.79. The summed E-state index contributed by atoms with van der Waals surface area (Å²) in [4.78, 5) is 13.7. The van der Waals surface area contributed by atoms with Gasteiger partial charge >= 0.3 is 0 Å². The Bertz CT molecular complexity index is 406. The van der Waals surface area contributed by atoms with Crippen LogP contribution in [0.4, 0.5) is 5.69 Å². The van der Waals surface area contributed by atoms with Gasteiger partial charge in [0.25, 0.3) is 0 Å². The van der Waals surface area contributed by atoms with Gasteiger partial charge in [0.15, 0.2) is 0 Å². The lowest BCUT2D eigenvalue weighted by Crippen LogP contribution is -2.49. The molecular weight excluding hydrogens is 238 g/mol. The summed E-state index contributed by atoms with van der Waals surface area (Å²) in [6, 6.07) is 7.99. The van der Waals surface area contributed by atoms with Crippen molar-refractivity contribution in [1.82, 2.24) is 5.32 Å². The molecule has 0 spiro atoms. The summed E-state index contributed by atoms with van der Waals surface area (Å²) in [6.07, 6.45) is 0.986. The van der Waals surface area contributed by atoms with Gasteiger partial charge in [-0.1, -0.05) is 19.1 Å². The molecule has 1 atom stereocenters. The molecule has 0 bridgehead atoms. The van der Waals surface area contributed by atoms with Gasteiger partial charge in [-0.25, -0.2) is 0 Å². The predicted octanol–water partition coefficient (Wildman–Crippen LogP) is 1.67. The van der Waals surface area contributed by atoms with Crippen molar-refractivity contribution in [2.24, 2.45) is 5.73 Å². The van der Waals surface area contributed by atoms with Crippen LogP contribution in [0.15, 0.2) is 24.3 Å². The Labute approximate surface area is 116 Å². The van der Waals surface area contributed by atoms with Crippen LogP contribution in [0.5, 0.6) is 0 Å². The number of rotatable bonds is 8. The summed E-state index contributed by atoms with van der Waals surface area (Å²) < 4.78 is 0. The van der Waals surface area contributed by atoms with Crippen molar-refractivity contribution >= 4 is 11.6 Å². The lowest BCUT2D eigenvalue weighted by Gasteiger charge is -2.27. The van der Waals surface area contributed by atoms with Crippen molar-refractivity contribution in [3.05, 3.63) is 29.8 Å². The minimum absolute atomic E-state index is 0.292. The Balaban J connectivity index is 2.76. The highest BCUT2D eigenvalue weighted by molar-refractivity contribution is 5.80. The van der Waals surface area contributed by atoms with Crippen molar-refractivity contribution < 1.29 is 4.79 Å². The van der Waals surface area contributed by atoms with Crippen LogP contribution in [0.2, 0.25) is 0 Å². The number of benzene rings is 1. The van der Waals surface area contributed by atoms with Crippen LogP contribution in [0.3, 0.4) is 0 Å². The average Bonchev–Trinajstić information content (AvgIpc) is 2.38. The fraction of sp³-hybridized carbons (Fsp3) is 0.533. The largest absolute Gasteiger partial charge is 0.370 e. The minimum atomic E-state index is -0.305. The van der Waals surface area contributed by atoms with E-state index in [0.717, 1.165) is 25.2 Å². The Morgan fingerprint density at radius 3 is 2.68 bits per heavy atom. The van der Waals surface area contributed by atoms with Crippen molar-refractivity contribution in [3.8, 4) is 0 Å². The van der Waals surface area contributed by atoms with Crippen LogP contribution >= 0.6 is 0 Å². The highest BCUT2D eigenvalue weighted by Crippen LogP contribution is 2.15. The number of likely N-dealkylation sites (N-methyl/N-ethyl adjacent to an activating group) is 1. The normalized spacial score (nSPS) is 12.2. The zero-order valence-corrected chi connectivity index (χ0v) is 12.1. The van der Waals surface area contributed by atoms with E-state index in [2.05, 4.69) is 49.2 Å². The third kappa shape index (κ3) is 4.91. The van der Waals surface area contributed by atoms with Crippen LogP contribution in [0.1, 0.15) is 25.8 Å². The molecule has 1 amide bonds. The van der Waals surface area contributed by atoms with Gasteiger partial charge in [-0.3, -0.25) is 4.79 Å². The fourth-order valence-electron chi connectivity index (χ4n) is 2.04. The summed E-state index contributed by atoms with van der Waals surface area (Å²) in [7, 11) is 0. The molecular formula is C15H25N3O. The van der Waals surface area contributed by atoms with Gasteiger partial charge < -0.3 is 16.0 Å². The zero-order valence-electron chi connectivity index (χ0n) is 12.1. The number of nitrogens with one attached hydrogen (secondary N) is 1. The second-order valence-electron chi connectivity index (χ2n) is 4.79. The summed E-state index contributed by atoms with van der Waals surface area (Å²) in [5, 5.41) is 3.20. The molecule has 1 aromatic carbocycles. The van der Waals surface area contributed by atoms with E-state index in [4.69, 9.17) is 5.73 Å². The molecule has 4 nitrogen and oxygen atoms in total. The molecule has 0 saturated carbocycles. The molecule has 1 aromatic rings. The fourth-order valence-corrected chi connectivity index (χ4v) is 2.04. The number of carbonyl (C=O) groups excluding carboxylic acids is 1. The average molecular weight is 263 g/mol. The number of aryl methyl sites for hydroxylation is 1. The van der Waals surface area contributed by atoms with Crippen LogP contribution in [-0.2, 0) is 4.79 Å². The number of carbonyl (C=O) groups is 1. The summed E-state index contributed by atoms with van der Waals surface area (Å²) in [6.45, 7) is 8.48. The molecule has 4 heteroatoms. The number of amides is 1. The summed E-state index contributed by atoms with van der Waals surface area (Å²) >= 11 is 0. The molecule has 0 fully saturated rings. The highest BCUT2D eigenvalue weighted by Gasteiger charge is 2.18. The molecule has 0 aromatic heterocycles. The van der Waals surface area contributed by atoms with Gasteiger partial charge in [-0.15, -0.1) is 0 Å². The zero-order chi connectivity index (χ0) is 14.3. The molecule has 0 radical (unpaired) electrons. The van der Waals surface area contributed by atoms with Crippen LogP contribution in [0.25, 0.3) is 0 Å². The smallest absolute Gasteiger partial charge is 0.236 e. The number of nitrogens with two attached hydrogens (primary N) is 1. The van der Waals surface area contributed by atoms with Crippen LogP contribution in [0, 0.1) is 6.92 Å². The number of hydrogen-bond acceptors (Lipinski definition) is 3. The third-order valence-corrected chi connectivity index (χ3v) is 3.14. The molecule has 0 saturated heterocycles. The summed E-state index contributed by atoms with van der Waals surface area (Å²) in [5.74, 6) is -0.292. The Kier molecular flexibility index (Phi) is 6.36. The molecule has 0 aliphatic carbocycles. The quantitative estimate of drug-likeness (QED) is 0.750. The maximum atomic E-state index is 11.5. The molecule has 1 unspecified atom stereocenters. The number of primary amides is 1. The van der Waals surface area contributed by atoms with E-state index in [-0.39, 0.29) is 11.9 Å². The summed E-state index contributed by atoms with van der Waals surface area (Å²) in [5.41, 5.74) is 7.81. The molecule has 3 N–H and O–H groups in total.